The van der Waals surface area contributed by atoms with E-state index in [2.05, 4.69) is 15.9 Å². The Morgan fingerprint density at radius 1 is 1.29 bits per heavy atom. The molecule has 0 atom stereocenters. The number of nitriles is 1. The van der Waals surface area contributed by atoms with Gasteiger partial charge in [-0.05, 0) is 41.1 Å². The Morgan fingerprint density at radius 3 is 2.67 bits per heavy atom. The summed E-state index contributed by atoms with van der Waals surface area (Å²) in [5.41, 5.74) is 1.83. The van der Waals surface area contributed by atoms with Crippen LogP contribution in [0.1, 0.15) is 21.5 Å². The van der Waals surface area contributed by atoms with Crippen molar-refractivity contribution in [2.24, 2.45) is 0 Å². The van der Waals surface area contributed by atoms with E-state index in [1.807, 2.05) is 19.1 Å². The van der Waals surface area contributed by atoms with Gasteiger partial charge < -0.3 is 9.47 Å². The van der Waals surface area contributed by atoms with Crippen LogP contribution in [0.4, 0.5) is 0 Å². The lowest BCUT2D eigenvalue weighted by Gasteiger charge is -2.11. The third-order valence-corrected chi connectivity index (χ3v) is 3.40. The number of nitrogens with zero attached hydrogens (tertiary/aromatic N) is 1. The molecule has 5 heteroatoms. The Hall–Kier alpha value is -2.32. The molecule has 0 amide bonds. The Kier molecular flexibility index (Phi) is 4.61. The van der Waals surface area contributed by atoms with Gasteiger partial charge in [-0.2, -0.15) is 5.26 Å². The van der Waals surface area contributed by atoms with Gasteiger partial charge in [0.15, 0.2) is 11.5 Å². The minimum absolute atomic E-state index is 0.253. The highest BCUT2D eigenvalue weighted by atomic mass is 79.9. The van der Waals surface area contributed by atoms with Crippen molar-refractivity contribution in [3.05, 3.63) is 57.6 Å². The van der Waals surface area contributed by atoms with Gasteiger partial charge >= 0.3 is 5.97 Å². The SMILES string of the molecule is COc1cc(C#N)cc(Br)c1OC(=O)c1cccc(C)c1. The van der Waals surface area contributed by atoms with Crippen molar-refractivity contribution in [3.63, 3.8) is 0 Å². The summed E-state index contributed by atoms with van der Waals surface area (Å²) in [5.74, 6) is 0.0901. The maximum atomic E-state index is 12.2. The van der Waals surface area contributed by atoms with E-state index in [-0.39, 0.29) is 5.75 Å². The zero-order chi connectivity index (χ0) is 15.4. The third-order valence-electron chi connectivity index (χ3n) is 2.81. The van der Waals surface area contributed by atoms with Crippen molar-refractivity contribution in [1.29, 1.82) is 5.26 Å². The number of methoxy groups -OCH3 is 1. The van der Waals surface area contributed by atoms with E-state index >= 15 is 0 Å². The van der Waals surface area contributed by atoms with Gasteiger partial charge in [0.2, 0.25) is 0 Å². The molecule has 0 aliphatic carbocycles. The van der Waals surface area contributed by atoms with Crippen LogP contribution in [0.3, 0.4) is 0 Å². The van der Waals surface area contributed by atoms with Gasteiger partial charge in [-0.15, -0.1) is 0 Å². The molecule has 0 spiro atoms. The van der Waals surface area contributed by atoms with E-state index in [0.717, 1.165) is 5.56 Å². The molecule has 0 bridgehead atoms. The molecule has 21 heavy (non-hydrogen) atoms. The molecule has 0 fully saturated rings. The van der Waals surface area contributed by atoms with E-state index in [0.29, 0.717) is 21.3 Å². The van der Waals surface area contributed by atoms with Crippen LogP contribution in [-0.2, 0) is 0 Å². The van der Waals surface area contributed by atoms with Crippen LogP contribution < -0.4 is 9.47 Å². The average molecular weight is 346 g/mol. The summed E-state index contributed by atoms with van der Waals surface area (Å²) in [7, 11) is 1.45. The average Bonchev–Trinajstić information content (AvgIpc) is 2.48. The number of carbonyl (C=O) groups excluding carboxylic acids is 1. The van der Waals surface area contributed by atoms with Crippen LogP contribution in [0, 0.1) is 18.3 Å². The minimum Gasteiger partial charge on any atom is -0.493 e. The summed E-state index contributed by atoms with van der Waals surface area (Å²) >= 11 is 3.29. The van der Waals surface area contributed by atoms with Crippen molar-refractivity contribution in [1.82, 2.24) is 0 Å². The molecular weight excluding hydrogens is 334 g/mol. The first-order valence-corrected chi connectivity index (χ1v) is 6.91. The zero-order valence-corrected chi connectivity index (χ0v) is 13.1. The van der Waals surface area contributed by atoms with Crippen molar-refractivity contribution >= 4 is 21.9 Å². The Bertz CT molecular complexity index is 735. The second-order valence-corrected chi connectivity index (χ2v) is 5.21. The Labute approximate surface area is 131 Å². The fourth-order valence-corrected chi connectivity index (χ4v) is 2.33. The standard InChI is InChI=1S/C16H12BrNO3/c1-10-4-3-5-12(6-10)16(19)21-15-13(17)7-11(9-18)8-14(15)20-2/h3-8H,1-2H3. The van der Waals surface area contributed by atoms with Crippen LogP contribution in [0.2, 0.25) is 0 Å². The Balaban J connectivity index is 2.35. The van der Waals surface area contributed by atoms with E-state index in [4.69, 9.17) is 14.7 Å². The Morgan fingerprint density at radius 2 is 2.05 bits per heavy atom. The number of aryl methyl sites for hydroxylation is 1. The summed E-state index contributed by atoms with van der Waals surface area (Å²) in [6.07, 6.45) is 0. The summed E-state index contributed by atoms with van der Waals surface area (Å²) in [4.78, 5) is 12.2. The molecule has 4 nitrogen and oxygen atoms in total. The quantitative estimate of drug-likeness (QED) is 0.626. The number of hydrogen-bond acceptors (Lipinski definition) is 4. The smallest absolute Gasteiger partial charge is 0.343 e. The summed E-state index contributed by atoms with van der Waals surface area (Å²) in [5, 5.41) is 8.93. The summed E-state index contributed by atoms with van der Waals surface area (Å²) in [6.45, 7) is 1.90. The fraction of sp³-hybridized carbons (Fsp3) is 0.125. The summed E-state index contributed by atoms with van der Waals surface area (Å²) < 4.78 is 11.0. The van der Waals surface area contributed by atoms with E-state index in [1.165, 1.54) is 13.2 Å². The van der Waals surface area contributed by atoms with Crippen molar-refractivity contribution < 1.29 is 14.3 Å². The van der Waals surface area contributed by atoms with Gasteiger partial charge in [-0.1, -0.05) is 17.7 Å². The van der Waals surface area contributed by atoms with E-state index in [9.17, 15) is 4.79 Å². The lowest BCUT2D eigenvalue weighted by atomic mass is 10.1. The molecule has 2 rings (SSSR count). The second kappa shape index (κ2) is 6.42. The molecule has 0 saturated heterocycles. The maximum absolute atomic E-state index is 12.2. The number of ether oxygens (including phenoxy) is 2. The highest BCUT2D eigenvalue weighted by Crippen LogP contribution is 2.37. The minimum atomic E-state index is -0.484. The van der Waals surface area contributed by atoms with Gasteiger partial charge in [0.05, 0.1) is 28.8 Å². The molecule has 0 unspecified atom stereocenters. The number of esters is 1. The molecule has 0 radical (unpaired) electrons. The molecule has 0 aliphatic rings. The van der Waals surface area contributed by atoms with Crippen LogP contribution in [0.15, 0.2) is 40.9 Å². The largest absolute Gasteiger partial charge is 0.493 e. The molecule has 0 saturated carbocycles. The highest BCUT2D eigenvalue weighted by Gasteiger charge is 2.17. The van der Waals surface area contributed by atoms with Gasteiger partial charge in [-0.25, -0.2) is 4.79 Å². The molecule has 0 aromatic heterocycles. The zero-order valence-electron chi connectivity index (χ0n) is 11.5. The maximum Gasteiger partial charge on any atom is 0.343 e. The fourth-order valence-electron chi connectivity index (χ4n) is 1.81. The predicted octanol–water partition coefficient (Wildman–Crippen LogP) is 3.86. The molecule has 0 N–H and O–H groups in total. The number of carbonyl (C=O) groups is 1. The molecule has 0 heterocycles. The molecule has 106 valence electrons. The number of rotatable bonds is 3. The number of hydrogen-bond donors (Lipinski definition) is 0. The first kappa shape index (κ1) is 15.1. The molecular formula is C16H12BrNO3. The number of benzene rings is 2. The van der Waals surface area contributed by atoms with Gasteiger partial charge in [0.1, 0.15) is 0 Å². The number of halogens is 1. The van der Waals surface area contributed by atoms with Gasteiger partial charge in [0.25, 0.3) is 0 Å². The van der Waals surface area contributed by atoms with Crippen molar-refractivity contribution in [2.45, 2.75) is 6.92 Å². The normalized spacial score (nSPS) is 9.81. The first-order valence-electron chi connectivity index (χ1n) is 6.11. The van der Waals surface area contributed by atoms with E-state index < -0.39 is 5.97 Å². The van der Waals surface area contributed by atoms with Crippen LogP contribution >= 0.6 is 15.9 Å². The second-order valence-electron chi connectivity index (χ2n) is 4.36. The van der Waals surface area contributed by atoms with Crippen molar-refractivity contribution in [2.75, 3.05) is 7.11 Å². The van der Waals surface area contributed by atoms with Gasteiger partial charge in [-0.3, -0.25) is 0 Å². The lowest BCUT2D eigenvalue weighted by Crippen LogP contribution is -2.10. The predicted molar refractivity (Wildman–Crippen MR) is 81.5 cm³/mol. The lowest BCUT2D eigenvalue weighted by molar-refractivity contribution is 0.0728. The molecule has 0 aliphatic heterocycles. The van der Waals surface area contributed by atoms with Crippen molar-refractivity contribution in [3.8, 4) is 17.6 Å². The summed E-state index contributed by atoms with van der Waals surface area (Å²) in [6, 6.07) is 12.2. The topological polar surface area (TPSA) is 59.3 Å². The molecule has 2 aromatic rings. The monoisotopic (exact) mass is 345 g/mol. The van der Waals surface area contributed by atoms with E-state index in [1.54, 1.807) is 24.3 Å². The van der Waals surface area contributed by atoms with Crippen LogP contribution in [0.25, 0.3) is 0 Å². The first-order chi connectivity index (χ1) is 10.0. The third kappa shape index (κ3) is 3.41. The van der Waals surface area contributed by atoms with Gasteiger partial charge in [0, 0.05) is 6.07 Å². The highest BCUT2D eigenvalue weighted by molar-refractivity contribution is 9.10. The van der Waals surface area contributed by atoms with Crippen LogP contribution in [0.5, 0.6) is 11.5 Å². The molecule has 2 aromatic carbocycles. The van der Waals surface area contributed by atoms with Crippen LogP contribution in [-0.4, -0.2) is 13.1 Å².